The number of hydrogen-bond donors (Lipinski definition) is 1. The number of aliphatic hydroxyl groups is 1. The first-order chi connectivity index (χ1) is 5.29. The zero-order valence-corrected chi connectivity index (χ0v) is 6.49. The van der Waals surface area contributed by atoms with E-state index < -0.39 is 0 Å². The Morgan fingerprint density at radius 3 is 3.18 bits per heavy atom. The molecule has 0 spiro atoms. The van der Waals surface area contributed by atoms with Gasteiger partial charge in [0, 0.05) is 24.7 Å². The molecule has 0 saturated heterocycles. The first-order valence-corrected chi connectivity index (χ1v) is 3.90. The molecule has 0 saturated carbocycles. The molecule has 1 N–H and O–H groups in total. The smallest absolute Gasteiger partial charge is 0.0647 e. The Hall–Kier alpha value is -0.890. The summed E-state index contributed by atoms with van der Waals surface area (Å²) >= 11 is 0. The van der Waals surface area contributed by atoms with Gasteiger partial charge in [-0.1, -0.05) is 6.92 Å². The van der Waals surface area contributed by atoms with Gasteiger partial charge >= 0.3 is 0 Å². The second-order valence-corrected chi connectivity index (χ2v) is 3.13. The van der Waals surface area contributed by atoms with Crippen LogP contribution in [0.4, 0.5) is 0 Å². The summed E-state index contributed by atoms with van der Waals surface area (Å²) in [6, 6.07) is 2.00. The molecule has 2 heteroatoms. The molecule has 0 radical (unpaired) electrons. The van der Waals surface area contributed by atoms with E-state index in [4.69, 9.17) is 0 Å². The number of hydrogen-bond acceptors (Lipinski definition) is 2. The molecule has 1 aliphatic rings. The number of rotatable bonds is 0. The lowest BCUT2D eigenvalue weighted by Crippen LogP contribution is -2.09. The summed E-state index contributed by atoms with van der Waals surface area (Å²) in [4.78, 5) is 4.01. The van der Waals surface area contributed by atoms with Crippen molar-refractivity contribution in [3.05, 3.63) is 29.6 Å². The fourth-order valence-electron chi connectivity index (χ4n) is 1.66. The average molecular weight is 149 g/mol. The number of pyridine rings is 1. The van der Waals surface area contributed by atoms with Crippen molar-refractivity contribution < 1.29 is 5.11 Å². The molecule has 0 aromatic carbocycles. The van der Waals surface area contributed by atoms with Crippen molar-refractivity contribution in [1.82, 2.24) is 4.98 Å². The van der Waals surface area contributed by atoms with Crippen molar-refractivity contribution in [2.75, 3.05) is 0 Å². The summed E-state index contributed by atoms with van der Waals surface area (Å²) in [6.07, 6.45) is 4.20. The van der Waals surface area contributed by atoms with Crippen LogP contribution >= 0.6 is 0 Å². The molecule has 1 aliphatic carbocycles. The minimum absolute atomic E-state index is 0.200. The van der Waals surface area contributed by atoms with Crippen LogP contribution in [0.25, 0.3) is 0 Å². The van der Waals surface area contributed by atoms with Gasteiger partial charge in [0.1, 0.15) is 0 Å². The monoisotopic (exact) mass is 149 g/mol. The lowest BCUT2D eigenvalue weighted by Gasteiger charge is -2.07. The summed E-state index contributed by atoms with van der Waals surface area (Å²) in [5, 5.41) is 9.49. The van der Waals surface area contributed by atoms with E-state index in [-0.39, 0.29) is 12.0 Å². The molecular weight excluding hydrogens is 138 g/mol. The van der Waals surface area contributed by atoms with E-state index in [0.717, 1.165) is 6.42 Å². The van der Waals surface area contributed by atoms with Gasteiger partial charge in [-0.25, -0.2) is 0 Å². The van der Waals surface area contributed by atoms with Crippen molar-refractivity contribution in [2.24, 2.45) is 0 Å². The van der Waals surface area contributed by atoms with Crippen molar-refractivity contribution in [3.63, 3.8) is 0 Å². The normalized spacial score (nSPS) is 28.5. The molecule has 2 unspecified atom stereocenters. The van der Waals surface area contributed by atoms with Gasteiger partial charge in [-0.2, -0.15) is 0 Å². The van der Waals surface area contributed by atoms with Crippen molar-refractivity contribution in [2.45, 2.75) is 25.4 Å². The van der Waals surface area contributed by atoms with E-state index >= 15 is 0 Å². The highest BCUT2D eigenvalue weighted by Crippen LogP contribution is 2.31. The molecule has 58 valence electrons. The molecule has 11 heavy (non-hydrogen) atoms. The highest BCUT2D eigenvalue weighted by atomic mass is 16.3. The van der Waals surface area contributed by atoms with Gasteiger partial charge in [-0.3, -0.25) is 4.98 Å². The summed E-state index contributed by atoms with van der Waals surface area (Å²) in [5.41, 5.74) is 2.46. The van der Waals surface area contributed by atoms with Crippen LogP contribution in [0.3, 0.4) is 0 Å². The SMILES string of the molecule is CC1c2ccncc2CC1O. The predicted octanol–water partition coefficient (Wildman–Crippen LogP) is 1.10. The minimum Gasteiger partial charge on any atom is -0.392 e. The molecule has 1 aromatic heterocycles. The van der Waals surface area contributed by atoms with Crippen LogP contribution in [-0.4, -0.2) is 16.2 Å². The number of aromatic nitrogens is 1. The maximum Gasteiger partial charge on any atom is 0.0647 e. The second-order valence-electron chi connectivity index (χ2n) is 3.13. The Morgan fingerprint density at radius 1 is 1.64 bits per heavy atom. The van der Waals surface area contributed by atoms with E-state index in [9.17, 15) is 5.11 Å². The molecule has 0 aliphatic heterocycles. The Labute approximate surface area is 65.9 Å². The van der Waals surface area contributed by atoms with Crippen LogP contribution in [0.1, 0.15) is 24.0 Å². The van der Waals surface area contributed by atoms with E-state index in [0.29, 0.717) is 0 Å². The van der Waals surface area contributed by atoms with Gasteiger partial charge in [0.2, 0.25) is 0 Å². The highest BCUT2D eigenvalue weighted by Gasteiger charge is 2.26. The molecule has 2 atom stereocenters. The molecular formula is C9H11NO. The third kappa shape index (κ3) is 0.942. The highest BCUT2D eigenvalue weighted by molar-refractivity contribution is 5.33. The third-order valence-corrected chi connectivity index (χ3v) is 2.44. The Kier molecular flexibility index (Phi) is 1.43. The van der Waals surface area contributed by atoms with Gasteiger partial charge in [-0.15, -0.1) is 0 Å². The van der Waals surface area contributed by atoms with Gasteiger partial charge < -0.3 is 5.11 Å². The van der Waals surface area contributed by atoms with E-state index in [2.05, 4.69) is 11.9 Å². The van der Waals surface area contributed by atoms with E-state index in [1.165, 1.54) is 11.1 Å². The molecule has 2 rings (SSSR count). The lowest BCUT2D eigenvalue weighted by atomic mass is 10.0. The second kappa shape index (κ2) is 2.31. The van der Waals surface area contributed by atoms with Crippen LogP contribution in [-0.2, 0) is 6.42 Å². The van der Waals surface area contributed by atoms with Crippen LogP contribution in [0.2, 0.25) is 0 Å². The lowest BCUT2D eigenvalue weighted by molar-refractivity contribution is 0.163. The first kappa shape index (κ1) is 6.80. The molecule has 1 aromatic rings. The largest absolute Gasteiger partial charge is 0.392 e. The van der Waals surface area contributed by atoms with Gasteiger partial charge in [-0.05, 0) is 17.2 Å². The Morgan fingerprint density at radius 2 is 2.45 bits per heavy atom. The molecule has 0 fully saturated rings. The van der Waals surface area contributed by atoms with Crippen molar-refractivity contribution in [3.8, 4) is 0 Å². The summed E-state index contributed by atoms with van der Waals surface area (Å²) < 4.78 is 0. The molecule has 1 heterocycles. The summed E-state index contributed by atoms with van der Waals surface area (Å²) in [6.45, 7) is 2.05. The third-order valence-electron chi connectivity index (χ3n) is 2.44. The van der Waals surface area contributed by atoms with Gasteiger partial charge in [0.05, 0.1) is 6.10 Å². The first-order valence-electron chi connectivity index (χ1n) is 3.90. The zero-order chi connectivity index (χ0) is 7.84. The maximum atomic E-state index is 9.49. The van der Waals surface area contributed by atoms with Gasteiger partial charge in [0.25, 0.3) is 0 Å². The topological polar surface area (TPSA) is 33.1 Å². The Balaban J connectivity index is 2.47. The number of nitrogens with zero attached hydrogens (tertiary/aromatic N) is 1. The van der Waals surface area contributed by atoms with E-state index in [1.54, 1.807) is 6.20 Å². The van der Waals surface area contributed by atoms with E-state index in [1.807, 2.05) is 12.3 Å². The maximum absolute atomic E-state index is 9.49. The standard InChI is InChI=1S/C9H11NO/c1-6-8-2-3-10-5-7(8)4-9(6)11/h2-3,5-6,9,11H,4H2,1H3. The quantitative estimate of drug-likeness (QED) is 0.599. The minimum atomic E-state index is -0.200. The van der Waals surface area contributed by atoms with Crippen LogP contribution in [0.5, 0.6) is 0 Å². The van der Waals surface area contributed by atoms with Crippen LogP contribution in [0.15, 0.2) is 18.5 Å². The Bertz CT molecular complexity index is 272. The molecule has 2 nitrogen and oxygen atoms in total. The average Bonchev–Trinajstić information content (AvgIpc) is 2.30. The zero-order valence-electron chi connectivity index (χ0n) is 6.49. The van der Waals surface area contributed by atoms with Crippen molar-refractivity contribution in [1.29, 1.82) is 0 Å². The predicted molar refractivity (Wildman–Crippen MR) is 42.4 cm³/mol. The van der Waals surface area contributed by atoms with Crippen LogP contribution < -0.4 is 0 Å². The van der Waals surface area contributed by atoms with Gasteiger partial charge in [0.15, 0.2) is 0 Å². The fourth-order valence-corrected chi connectivity index (χ4v) is 1.66. The fraction of sp³-hybridized carbons (Fsp3) is 0.444. The molecule has 0 bridgehead atoms. The summed E-state index contributed by atoms with van der Waals surface area (Å²) in [7, 11) is 0. The summed E-state index contributed by atoms with van der Waals surface area (Å²) in [5.74, 6) is 0.285. The molecule has 0 amide bonds. The number of fused-ring (bicyclic) bond motifs is 1. The van der Waals surface area contributed by atoms with Crippen LogP contribution in [0, 0.1) is 0 Å². The van der Waals surface area contributed by atoms with Crippen molar-refractivity contribution >= 4 is 0 Å². The number of aliphatic hydroxyl groups excluding tert-OH is 1.